The molecule has 92 valence electrons. The summed E-state index contributed by atoms with van der Waals surface area (Å²) in [4.78, 5) is 11.8. The van der Waals surface area contributed by atoms with Crippen molar-refractivity contribution < 1.29 is 4.79 Å². The number of hydrogen-bond donors (Lipinski definition) is 1. The van der Waals surface area contributed by atoms with Crippen LogP contribution >= 0.6 is 11.3 Å². The number of rotatable bonds is 3. The highest BCUT2D eigenvalue weighted by Crippen LogP contribution is 2.15. The molecule has 4 nitrogen and oxygen atoms in total. The smallest absolute Gasteiger partial charge is 0.250 e. The zero-order chi connectivity index (χ0) is 13.0. The molecule has 0 fully saturated rings. The first kappa shape index (κ1) is 12.4. The van der Waals surface area contributed by atoms with Crippen molar-refractivity contribution in [1.82, 2.24) is 10.2 Å². The predicted molar refractivity (Wildman–Crippen MR) is 73.4 cm³/mol. The quantitative estimate of drug-likeness (QED) is 0.862. The van der Waals surface area contributed by atoms with Crippen LogP contribution in [0.15, 0.2) is 36.4 Å². The van der Waals surface area contributed by atoms with E-state index in [2.05, 4.69) is 15.5 Å². The van der Waals surface area contributed by atoms with Crippen molar-refractivity contribution >= 4 is 27.9 Å². The van der Waals surface area contributed by atoms with E-state index in [9.17, 15) is 4.79 Å². The third-order valence-electron chi connectivity index (χ3n) is 2.33. The standard InChI is InChI=1S/C13H13N3OS/c1-9(11-6-4-3-5-7-11)8-12(17)14-13-16-15-10(2)18-13/h3-8H,1-2H3,(H,14,16,17)/b9-8-. The monoisotopic (exact) mass is 259 g/mol. The SMILES string of the molecule is C/C(=C/C(=O)Nc1nnc(C)s1)c1ccccc1. The molecule has 0 radical (unpaired) electrons. The van der Waals surface area contributed by atoms with Crippen molar-refractivity contribution in [3.63, 3.8) is 0 Å². The Kier molecular flexibility index (Phi) is 3.84. The topological polar surface area (TPSA) is 54.9 Å². The highest BCUT2D eigenvalue weighted by atomic mass is 32.1. The Morgan fingerprint density at radius 2 is 2.00 bits per heavy atom. The molecular weight excluding hydrogens is 246 g/mol. The average Bonchev–Trinajstić information content (AvgIpc) is 2.75. The lowest BCUT2D eigenvalue weighted by molar-refractivity contribution is -0.111. The summed E-state index contributed by atoms with van der Waals surface area (Å²) >= 11 is 1.36. The zero-order valence-corrected chi connectivity index (χ0v) is 11.0. The van der Waals surface area contributed by atoms with Gasteiger partial charge in [-0.15, -0.1) is 10.2 Å². The van der Waals surface area contributed by atoms with E-state index in [4.69, 9.17) is 0 Å². The molecule has 0 aliphatic rings. The van der Waals surface area contributed by atoms with Crippen LogP contribution in [0, 0.1) is 6.92 Å². The number of carbonyl (C=O) groups is 1. The Hall–Kier alpha value is -2.01. The van der Waals surface area contributed by atoms with Crippen molar-refractivity contribution in [3.8, 4) is 0 Å². The summed E-state index contributed by atoms with van der Waals surface area (Å²) in [5.74, 6) is -0.187. The molecule has 0 atom stereocenters. The second-order valence-corrected chi connectivity index (χ2v) is 4.99. The Balaban J connectivity index is 2.06. The number of aryl methyl sites for hydroxylation is 1. The van der Waals surface area contributed by atoms with Crippen molar-refractivity contribution in [2.24, 2.45) is 0 Å². The van der Waals surface area contributed by atoms with Crippen LogP contribution in [-0.2, 0) is 4.79 Å². The number of hydrogen-bond acceptors (Lipinski definition) is 4. The van der Waals surface area contributed by atoms with Crippen LogP contribution in [-0.4, -0.2) is 16.1 Å². The molecule has 1 aromatic carbocycles. The molecule has 1 heterocycles. The van der Waals surface area contributed by atoms with Crippen molar-refractivity contribution in [1.29, 1.82) is 0 Å². The molecule has 0 spiro atoms. The maximum absolute atomic E-state index is 11.8. The predicted octanol–water partition coefficient (Wildman–Crippen LogP) is 2.89. The van der Waals surface area contributed by atoms with Gasteiger partial charge in [-0.25, -0.2) is 0 Å². The highest BCUT2D eigenvalue weighted by Gasteiger charge is 2.04. The molecule has 1 amide bonds. The molecule has 1 aromatic heterocycles. The summed E-state index contributed by atoms with van der Waals surface area (Å²) in [5, 5.41) is 11.7. The molecule has 2 aromatic rings. The van der Waals surface area contributed by atoms with Gasteiger partial charge < -0.3 is 0 Å². The first-order valence-corrected chi connectivity index (χ1v) is 6.31. The summed E-state index contributed by atoms with van der Waals surface area (Å²) in [5.41, 5.74) is 1.94. The molecule has 18 heavy (non-hydrogen) atoms. The number of benzene rings is 1. The van der Waals surface area contributed by atoms with Crippen LogP contribution < -0.4 is 5.32 Å². The Labute approximate surface area is 109 Å². The molecule has 0 saturated carbocycles. The van der Waals surface area contributed by atoms with E-state index in [0.717, 1.165) is 16.1 Å². The lowest BCUT2D eigenvalue weighted by Gasteiger charge is -2.01. The molecule has 1 N–H and O–H groups in total. The lowest BCUT2D eigenvalue weighted by atomic mass is 10.1. The summed E-state index contributed by atoms with van der Waals surface area (Å²) in [7, 11) is 0. The molecular formula is C13H13N3OS. The Morgan fingerprint density at radius 1 is 1.28 bits per heavy atom. The van der Waals surface area contributed by atoms with Crippen molar-refractivity contribution in [2.75, 3.05) is 5.32 Å². The van der Waals surface area contributed by atoms with Gasteiger partial charge in [-0.1, -0.05) is 41.7 Å². The van der Waals surface area contributed by atoms with Gasteiger partial charge in [0.05, 0.1) is 0 Å². The van der Waals surface area contributed by atoms with Gasteiger partial charge in [-0.05, 0) is 25.0 Å². The molecule has 2 rings (SSSR count). The fourth-order valence-electron chi connectivity index (χ4n) is 1.47. The van der Waals surface area contributed by atoms with Crippen LogP contribution in [0.3, 0.4) is 0 Å². The summed E-state index contributed by atoms with van der Waals surface area (Å²) < 4.78 is 0. The first-order valence-electron chi connectivity index (χ1n) is 5.50. The van der Waals surface area contributed by atoms with Crippen molar-refractivity contribution in [3.05, 3.63) is 47.0 Å². The second-order valence-electron chi connectivity index (χ2n) is 3.81. The number of carbonyl (C=O) groups excluding carboxylic acids is 1. The number of nitrogens with one attached hydrogen (secondary N) is 1. The Morgan fingerprint density at radius 3 is 2.61 bits per heavy atom. The second kappa shape index (κ2) is 5.55. The minimum Gasteiger partial charge on any atom is -0.297 e. The van der Waals surface area contributed by atoms with Crippen molar-refractivity contribution in [2.45, 2.75) is 13.8 Å². The van der Waals surface area contributed by atoms with E-state index in [0.29, 0.717) is 5.13 Å². The van der Waals surface area contributed by atoms with E-state index in [-0.39, 0.29) is 5.91 Å². The van der Waals surface area contributed by atoms with Gasteiger partial charge in [0.1, 0.15) is 5.01 Å². The molecule has 0 bridgehead atoms. The molecule has 5 heteroatoms. The van der Waals surface area contributed by atoms with Crippen LogP contribution in [0.1, 0.15) is 17.5 Å². The molecule has 0 aliphatic heterocycles. The van der Waals surface area contributed by atoms with Gasteiger partial charge in [-0.2, -0.15) is 0 Å². The summed E-state index contributed by atoms with van der Waals surface area (Å²) in [6.45, 7) is 3.75. The zero-order valence-electron chi connectivity index (χ0n) is 10.2. The van der Waals surface area contributed by atoms with Gasteiger partial charge in [0.25, 0.3) is 0 Å². The van der Waals surface area contributed by atoms with Crippen LogP contribution in [0.5, 0.6) is 0 Å². The van der Waals surface area contributed by atoms with Crippen LogP contribution in [0.4, 0.5) is 5.13 Å². The van der Waals surface area contributed by atoms with Gasteiger partial charge in [0, 0.05) is 6.08 Å². The van der Waals surface area contributed by atoms with Crippen LogP contribution in [0.2, 0.25) is 0 Å². The van der Waals surface area contributed by atoms with E-state index in [1.807, 2.05) is 44.2 Å². The molecule has 0 unspecified atom stereocenters. The number of aromatic nitrogens is 2. The molecule has 0 saturated heterocycles. The lowest BCUT2D eigenvalue weighted by Crippen LogP contribution is -2.08. The largest absolute Gasteiger partial charge is 0.297 e. The summed E-state index contributed by atoms with van der Waals surface area (Å²) in [6, 6.07) is 9.76. The number of allylic oxidation sites excluding steroid dienone is 1. The van der Waals surface area contributed by atoms with E-state index < -0.39 is 0 Å². The van der Waals surface area contributed by atoms with E-state index >= 15 is 0 Å². The third-order valence-corrected chi connectivity index (χ3v) is 3.09. The maximum Gasteiger partial charge on any atom is 0.250 e. The summed E-state index contributed by atoms with van der Waals surface area (Å²) in [6.07, 6.45) is 1.56. The number of amides is 1. The minimum absolute atomic E-state index is 0.187. The Bertz CT molecular complexity index is 575. The minimum atomic E-state index is -0.187. The maximum atomic E-state index is 11.8. The van der Waals surface area contributed by atoms with Gasteiger partial charge in [0.2, 0.25) is 11.0 Å². The highest BCUT2D eigenvalue weighted by molar-refractivity contribution is 7.15. The number of nitrogens with zero attached hydrogens (tertiary/aromatic N) is 2. The van der Waals surface area contributed by atoms with E-state index in [1.165, 1.54) is 11.3 Å². The molecule has 0 aliphatic carbocycles. The normalized spacial score (nSPS) is 11.3. The number of anilines is 1. The fourth-order valence-corrected chi connectivity index (χ4v) is 2.06. The average molecular weight is 259 g/mol. The third kappa shape index (κ3) is 3.24. The van der Waals surface area contributed by atoms with Gasteiger partial charge >= 0.3 is 0 Å². The first-order chi connectivity index (χ1) is 8.65. The van der Waals surface area contributed by atoms with E-state index in [1.54, 1.807) is 6.08 Å². The van der Waals surface area contributed by atoms with Gasteiger partial charge in [-0.3, -0.25) is 10.1 Å². The van der Waals surface area contributed by atoms with Crippen LogP contribution in [0.25, 0.3) is 5.57 Å². The van der Waals surface area contributed by atoms with Gasteiger partial charge in [0.15, 0.2) is 0 Å². The fraction of sp³-hybridized carbons (Fsp3) is 0.154.